The van der Waals surface area contributed by atoms with E-state index in [2.05, 4.69) is 15.4 Å². The first-order valence-corrected chi connectivity index (χ1v) is 9.17. The van der Waals surface area contributed by atoms with E-state index >= 15 is 0 Å². The third-order valence-corrected chi connectivity index (χ3v) is 5.53. The molecule has 1 amide bonds. The summed E-state index contributed by atoms with van der Waals surface area (Å²) in [6, 6.07) is 11.9. The van der Waals surface area contributed by atoms with Crippen molar-refractivity contribution in [1.82, 2.24) is 20.3 Å². The predicted molar refractivity (Wildman–Crippen MR) is 95.6 cm³/mol. The van der Waals surface area contributed by atoms with Crippen LogP contribution in [0.15, 0.2) is 40.9 Å². The lowest BCUT2D eigenvalue weighted by molar-refractivity contribution is 0.0692. The molecule has 2 aromatic heterocycles. The van der Waals surface area contributed by atoms with Gasteiger partial charge in [-0.3, -0.25) is 9.89 Å². The number of nitrogens with zero attached hydrogens (tertiary/aromatic N) is 3. The number of rotatable bonds is 3. The zero-order chi connectivity index (χ0) is 17.5. The molecule has 0 saturated heterocycles. The Labute approximate surface area is 151 Å². The van der Waals surface area contributed by atoms with Crippen LogP contribution in [0.2, 0.25) is 0 Å². The Kier molecular flexibility index (Phi) is 3.62. The maximum absolute atomic E-state index is 12.9. The van der Waals surface area contributed by atoms with Crippen molar-refractivity contribution < 1.29 is 9.32 Å². The lowest BCUT2D eigenvalue weighted by atomic mass is 9.83. The molecule has 0 bridgehead atoms. The molecule has 0 radical (unpaired) electrons. The van der Waals surface area contributed by atoms with Crippen LogP contribution >= 0.6 is 0 Å². The Balaban J connectivity index is 1.39. The van der Waals surface area contributed by atoms with E-state index in [0.29, 0.717) is 24.8 Å². The van der Waals surface area contributed by atoms with Crippen LogP contribution in [0.4, 0.5) is 0 Å². The molecular weight excluding hydrogens is 328 g/mol. The van der Waals surface area contributed by atoms with Crippen molar-refractivity contribution in [3.8, 4) is 11.3 Å². The molecule has 0 atom stereocenters. The second-order valence-electron chi connectivity index (χ2n) is 7.12. The Bertz CT molecular complexity index is 940. The quantitative estimate of drug-likeness (QED) is 0.786. The van der Waals surface area contributed by atoms with Crippen molar-refractivity contribution in [2.75, 3.05) is 6.54 Å². The molecule has 5 rings (SSSR count). The van der Waals surface area contributed by atoms with Crippen molar-refractivity contribution in [3.63, 3.8) is 0 Å². The summed E-state index contributed by atoms with van der Waals surface area (Å²) in [5, 5.41) is 11.7. The van der Waals surface area contributed by atoms with Gasteiger partial charge in [-0.25, -0.2) is 0 Å². The molecule has 6 nitrogen and oxygen atoms in total. The van der Waals surface area contributed by atoms with Crippen molar-refractivity contribution in [1.29, 1.82) is 0 Å². The van der Waals surface area contributed by atoms with Gasteiger partial charge in [0.05, 0.1) is 17.9 Å². The van der Waals surface area contributed by atoms with Crippen LogP contribution in [0.1, 0.15) is 52.7 Å². The highest BCUT2D eigenvalue weighted by Crippen LogP contribution is 2.36. The Morgan fingerprint density at radius 3 is 2.85 bits per heavy atom. The van der Waals surface area contributed by atoms with E-state index < -0.39 is 0 Å². The van der Waals surface area contributed by atoms with Gasteiger partial charge in [0.15, 0.2) is 0 Å². The van der Waals surface area contributed by atoms with Crippen LogP contribution < -0.4 is 0 Å². The number of aromatic nitrogens is 3. The van der Waals surface area contributed by atoms with Crippen molar-refractivity contribution >= 4 is 5.91 Å². The van der Waals surface area contributed by atoms with Crippen LogP contribution in [0, 0.1) is 0 Å². The van der Waals surface area contributed by atoms with E-state index in [9.17, 15) is 4.79 Å². The zero-order valence-corrected chi connectivity index (χ0v) is 14.4. The Morgan fingerprint density at radius 1 is 1.23 bits per heavy atom. The summed E-state index contributed by atoms with van der Waals surface area (Å²) in [7, 11) is 0. The van der Waals surface area contributed by atoms with Gasteiger partial charge in [0, 0.05) is 41.8 Å². The molecule has 0 unspecified atom stereocenters. The molecule has 1 aromatic carbocycles. The van der Waals surface area contributed by atoms with Gasteiger partial charge in [0.2, 0.25) is 5.76 Å². The maximum atomic E-state index is 12.9. The van der Waals surface area contributed by atoms with Crippen LogP contribution in [-0.2, 0) is 13.0 Å². The largest absolute Gasteiger partial charge is 0.351 e. The zero-order valence-electron chi connectivity index (χ0n) is 14.4. The first kappa shape index (κ1) is 15.4. The average Bonchev–Trinajstić information content (AvgIpc) is 3.27. The van der Waals surface area contributed by atoms with Gasteiger partial charge in [-0.15, -0.1) is 0 Å². The van der Waals surface area contributed by atoms with Crippen molar-refractivity contribution in [2.45, 2.75) is 38.1 Å². The Hall–Kier alpha value is -2.89. The SMILES string of the molecule is O=C(c1cc(C2CCC2)no1)N1CCc2[nH]nc(-c3ccccc3)c2C1. The molecule has 0 spiro atoms. The number of benzene rings is 1. The fraction of sp³-hybridized carbons (Fsp3) is 0.350. The predicted octanol–water partition coefficient (Wildman–Crippen LogP) is 3.53. The minimum absolute atomic E-state index is 0.0889. The molecule has 1 fully saturated rings. The van der Waals surface area contributed by atoms with E-state index in [0.717, 1.165) is 47.5 Å². The minimum atomic E-state index is -0.0889. The van der Waals surface area contributed by atoms with Gasteiger partial charge < -0.3 is 9.42 Å². The van der Waals surface area contributed by atoms with Gasteiger partial charge in [-0.2, -0.15) is 5.10 Å². The topological polar surface area (TPSA) is 75.0 Å². The molecular formula is C20H20N4O2. The van der Waals surface area contributed by atoms with E-state index in [1.54, 1.807) is 0 Å². The summed E-state index contributed by atoms with van der Waals surface area (Å²) in [5.41, 5.74) is 5.11. The lowest BCUT2D eigenvalue weighted by Crippen LogP contribution is -2.35. The summed E-state index contributed by atoms with van der Waals surface area (Å²) < 4.78 is 5.36. The molecule has 1 aliphatic heterocycles. The fourth-order valence-electron chi connectivity index (χ4n) is 3.75. The molecule has 2 aliphatic rings. The smallest absolute Gasteiger partial charge is 0.292 e. The Morgan fingerprint density at radius 2 is 2.08 bits per heavy atom. The number of carbonyl (C=O) groups excluding carboxylic acids is 1. The van der Waals surface area contributed by atoms with Crippen LogP contribution in [-0.4, -0.2) is 32.7 Å². The standard InChI is InChI=1S/C20H20N4O2/c25-20(18-11-17(23-26-18)13-7-4-8-13)24-10-9-16-15(12-24)19(22-21-16)14-5-2-1-3-6-14/h1-3,5-6,11,13H,4,7-10,12H2,(H,21,22). The summed E-state index contributed by atoms with van der Waals surface area (Å²) in [6.45, 7) is 1.19. The lowest BCUT2D eigenvalue weighted by Gasteiger charge is -2.26. The van der Waals surface area contributed by atoms with Gasteiger partial charge in [-0.05, 0) is 12.8 Å². The second-order valence-corrected chi connectivity index (χ2v) is 7.12. The van der Waals surface area contributed by atoms with E-state index in [-0.39, 0.29) is 5.91 Å². The molecule has 1 N–H and O–H groups in total. The molecule has 132 valence electrons. The highest BCUT2D eigenvalue weighted by Gasteiger charge is 2.30. The average molecular weight is 348 g/mol. The third-order valence-electron chi connectivity index (χ3n) is 5.53. The first-order chi connectivity index (χ1) is 12.8. The molecule has 3 heterocycles. The monoisotopic (exact) mass is 348 g/mol. The molecule has 26 heavy (non-hydrogen) atoms. The number of amides is 1. The van der Waals surface area contributed by atoms with Gasteiger partial charge in [-0.1, -0.05) is 41.9 Å². The number of aromatic amines is 1. The van der Waals surface area contributed by atoms with Gasteiger partial charge in [0.1, 0.15) is 0 Å². The molecule has 1 saturated carbocycles. The van der Waals surface area contributed by atoms with Crippen molar-refractivity contribution in [2.24, 2.45) is 0 Å². The summed E-state index contributed by atoms with van der Waals surface area (Å²) in [5.74, 6) is 0.723. The van der Waals surface area contributed by atoms with E-state index in [1.807, 2.05) is 41.3 Å². The summed E-state index contributed by atoms with van der Waals surface area (Å²) in [6.07, 6.45) is 4.29. The number of hydrogen-bond donors (Lipinski definition) is 1. The molecule has 1 aliphatic carbocycles. The highest BCUT2D eigenvalue weighted by atomic mass is 16.5. The van der Waals surface area contributed by atoms with E-state index in [4.69, 9.17) is 4.52 Å². The maximum Gasteiger partial charge on any atom is 0.292 e. The number of carbonyl (C=O) groups is 1. The van der Waals surface area contributed by atoms with Gasteiger partial charge in [0.25, 0.3) is 5.91 Å². The van der Waals surface area contributed by atoms with Gasteiger partial charge >= 0.3 is 0 Å². The number of nitrogens with one attached hydrogen (secondary N) is 1. The van der Waals surface area contributed by atoms with Crippen LogP contribution in [0.3, 0.4) is 0 Å². The second kappa shape index (κ2) is 6.12. The summed E-state index contributed by atoms with van der Waals surface area (Å²) in [4.78, 5) is 14.7. The van der Waals surface area contributed by atoms with Crippen LogP contribution in [0.5, 0.6) is 0 Å². The fourth-order valence-corrected chi connectivity index (χ4v) is 3.75. The minimum Gasteiger partial charge on any atom is -0.351 e. The van der Waals surface area contributed by atoms with E-state index in [1.165, 1.54) is 6.42 Å². The van der Waals surface area contributed by atoms with Crippen LogP contribution in [0.25, 0.3) is 11.3 Å². The molecule has 3 aromatic rings. The highest BCUT2D eigenvalue weighted by molar-refractivity contribution is 5.91. The number of hydrogen-bond acceptors (Lipinski definition) is 4. The summed E-state index contributed by atoms with van der Waals surface area (Å²) >= 11 is 0. The molecule has 6 heteroatoms. The normalized spacial score (nSPS) is 17.0. The third kappa shape index (κ3) is 2.53. The number of H-pyrrole nitrogens is 1. The van der Waals surface area contributed by atoms with Crippen molar-refractivity contribution in [3.05, 3.63) is 59.1 Å². The first-order valence-electron chi connectivity index (χ1n) is 9.17. The number of fused-ring (bicyclic) bond motifs is 1.